The Morgan fingerprint density at radius 1 is 1.23 bits per heavy atom. The van der Waals surface area contributed by atoms with Crippen molar-refractivity contribution >= 4 is 5.97 Å². The molecule has 1 aliphatic rings. The summed E-state index contributed by atoms with van der Waals surface area (Å²) in [6.45, 7) is 2.93. The molecule has 3 atom stereocenters. The van der Waals surface area contributed by atoms with E-state index in [4.69, 9.17) is 9.47 Å². The smallest absolute Gasteiger partial charge is 0.306 e. The molecule has 0 heterocycles. The third-order valence-corrected chi connectivity index (χ3v) is 5.30. The van der Waals surface area contributed by atoms with Crippen molar-refractivity contribution in [3.05, 3.63) is 54.6 Å². The van der Waals surface area contributed by atoms with Crippen LogP contribution >= 0.6 is 0 Å². The molecule has 1 aliphatic carbocycles. The number of alkyl halides is 2. The topological polar surface area (TPSA) is 55.8 Å². The SMILES string of the molecule is CC(C)OC(=O)CCC/C=C\C[C@H]1[C@@H](O)CC[C@@H]1/C=C/C(F)(F)COc1ccccc1. The monoisotopic (exact) mass is 436 g/mol. The van der Waals surface area contributed by atoms with Gasteiger partial charge >= 0.3 is 5.97 Å². The van der Waals surface area contributed by atoms with Gasteiger partial charge in [0.25, 0.3) is 5.92 Å². The summed E-state index contributed by atoms with van der Waals surface area (Å²) in [5.74, 6) is -3.04. The Hall–Kier alpha value is -2.21. The lowest BCUT2D eigenvalue weighted by Gasteiger charge is -2.19. The molecule has 1 saturated carbocycles. The molecular weight excluding hydrogens is 402 g/mol. The summed E-state index contributed by atoms with van der Waals surface area (Å²) >= 11 is 0. The molecule has 0 spiro atoms. The van der Waals surface area contributed by atoms with Gasteiger partial charge in [-0.25, -0.2) is 0 Å². The number of hydrogen-bond donors (Lipinski definition) is 1. The molecule has 0 aliphatic heterocycles. The second-order valence-corrected chi connectivity index (χ2v) is 8.33. The van der Waals surface area contributed by atoms with Gasteiger partial charge < -0.3 is 14.6 Å². The number of benzene rings is 1. The molecule has 0 amide bonds. The molecule has 0 saturated heterocycles. The van der Waals surface area contributed by atoms with Crippen molar-refractivity contribution in [1.82, 2.24) is 0 Å². The van der Waals surface area contributed by atoms with Crippen molar-refractivity contribution in [3.63, 3.8) is 0 Å². The van der Waals surface area contributed by atoms with Gasteiger partial charge in [-0.15, -0.1) is 0 Å². The molecule has 4 nitrogen and oxygen atoms in total. The van der Waals surface area contributed by atoms with Crippen LogP contribution < -0.4 is 4.74 Å². The fourth-order valence-electron chi connectivity index (χ4n) is 3.71. The zero-order valence-corrected chi connectivity index (χ0v) is 18.4. The lowest BCUT2D eigenvalue weighted by atomic mass is 9.90. The summed E-state index contributed by atoms with van der Waals surface area (Å²) in [5.41, 5.74) is 0. The molecule has 31 heavy (non-hydrogen) atoms. The number of ether oxygens (including phenoxy) is 2. The number of aliphatic hydroxyl groups is 1. The number of rotatable bonds is 12. The third kappa shape index (κ3) is 9.64. The maximum Gasteiger partial charge on any atom is 0.306 e. The largest absolute Gasteiger partial charge is 0.487 e. The number of carbonyl (C=O) groups is 1. The predicted molar refractivity (Wildman–Crippen MR) is 117 cm³/mol. The molecule has 172 valence electrons. The quantitative estimate of drug-likeness (QED) is 0.259. The average Bonchev–Trinajstić information content (AvgIpc) is 3.07. The number of allylic oxidation sites excluding steroid dienone is 3. The van der Waals surface area contributed by atoms with Crippen molar-refractivity contribution in [2.24, 2.45) is 11.8 Å². The van der Waals surface area contributed by atoms with Gasteiger partial charge in [-0.2, -0.15) is 8.78 Å². The van der Waals surface area contributed by atoms with Crippen LogP contribution in [0.3, 0.4) is 0 Å². The highest BCUT2D eigenvalue weighted by Gasteiger charge is 2.34. The Labute approximate surface area is 183 Å². The Morgan fingerprint density at radius 3 is 2.68 bits per heavy atom. The Morgan fingerprint density at radius 2 is 1.97 bits per heavy atom. The van der Waals surface area contributed by atoms with E-state index in [-0.39, 0.29) is 23.9 Å². The van der Waals surface area contributed by atoms with E-state index >= 15 is 0 Å². The maximum atomic E-state index is 14.2. The van der Waals surface area contributed by atoms with Crippen LogP contribution in [0.15, 0.2) is 54.6 Å². The van der Waals surface area contributed by atoms with Crippen molar-refractivity contribution < 1.29 is 28.2 Å². The van der Waals surface area contributed by atoms with E-state index in [0.29, 0.717) is 37.9 Å². The summed E-state index contributed by atoms with van der Waals surface area (Å²) in [4.78, 5) is 11.5. The highest BCUT2D eigenvalue weighted by molar-refractivity contribution is 5.69. The minimum Gasteiger partial charge on any atom is -0.487 e. The van der Waals surface area contributed by atoms with Gasteiger partial charge in [0.05, 0.1) is 12.2 Å². The first kappa shape index (κ1) is 25.1. The van der Waals surface area contributed by atoms with Gasteiger partial charge in [-0.1, -0.05) is 36.4 Å². The van der Waals surface area contributed by atoms with E-state index in [0.717, 1.165) is 12.5 Å². The van der Waals surface area contributed by atoms with Gasteiger partial charge in [0.2, 0.25) is 0 Å². The third-order valence-electron chi connectivity index (χ3n) is 5.30. The van der Waals surface area contributed by atoms with Crippen molar-refractivity contribution in [2.75, 3.05) is 6.61 Å². The highest BCUT2D eigenvalue weighted by Crippen LogP contribution is 2.36. The molecule has 2 rings (SSSR count). The van der Waals surface area contributed by atoms with E-state index in [2.05, 4.69) is 0 Å². The summed E-state index contributed by atoms with van der Waals surface area (Å²) in [6, 6.07) is 8.55. The molecule has 0 bridgehead atoms. The van der Waals surface area contributed by atoms with E-state index < -0.39 is 18.6 Å². The Balaban J connectivity index is 1.77. The second kappa shape index (κ2) is 12.6. The maximum absolute atomic E-state index is 14.2. The van der Waals surface area contributed by atoms with Gasteiger partial charge in [0.1, 0.15) is 5.75 Å². The summed E-state index contributed by atoms with van der Waals surface area (Å²) in [6.07, 6.45) is 9.55. The minimum atomic E-state index is -3.08. The molecule has 0 aromatic heterocycles. The van der Waals surface area contributed by atoms with Gasteiger partial charge in [-0.05, 0) is 76.0 Å². The first-order valence-corrected chi connectivity index (χ1v) is 11.0. The molecule has 1 aromatic rings. The number of esters is 1. The number of para-hydroxylation sites is 1. The first-order chi connectivity index (χ1) is 14.8. The number of carbonyl (C=O) groups excluding carboxylic acids is 1. The summed E-state index contributed by atoms with van der Waals surface area (Å²) < 4.78 is 38.7. The average molecular weight is 437 g/mol. The van der Waals surface area contributed by atoms with Crippen molar-refractivity contribution in [1.29, 1.82) is 0 Å². The molecule has 0 unspecified atom stereocenters. The van der Waals surface area contributed by atoms with Crippen LogP contribution in [0.5, 0.6) is 5.75 Å². The lowest BCUT2D eigenvalue weighted by molar-refractivity contribution is -0.147. The van der Waals surface area contributed by atoms with Gasteiger partial charge in [0, 0.05) is 6.42 Å². The highest BCUT2D eigenvalue weighted by atomic mass is 19.3. The molecular formula is C25H34F2O4. The molecule has 1 fully saturated rings. The standard InChI is InChI=1S/C25H34F2O4/c1-19(2)31-24(29)13-9-4-3-8-12-22-20(14-15-23(22)28)16-17-25(26,27)18-30-21-10-6-5-7-11-21/h3,5-8,10-11,16-17,19-20,22-23,28H,4,9,12-15,18H2,1-2H3/b8-3-,17-16+/t20-,22-,23+/m1/s1. The van der Waals surface area contributed by atoms with Crippen LogP contribution in [-0.2, 0) is 9.53 Å². The zero-order valence-electron chi connectivity index (χ0n) is 18.4. The summed E-state index contributed by atoms with van der Waals surface area (Å²) in [7, 11) is 0. The normalized spacial score (nSPS) is 21.9. The van der Waals surface area contributed by atoms with Crippen LogP contribution in [0.1, 0.15) is 52.4 Å². The van der Waals surface area contributed by atoms with Crippen LogP contribution in [0.25, 0.3) is 0 Å². The van der Waals surface area contributed by atoms with Crippen LogP contribution in [0, 0.1) is 11.8 Å². The number of hydrogen-bond acceptors (Lipinski definition) is 4. The van der Waals surface area contributed by atoms with Crippen LogP contribution in [0.2, 0.25) is 0 Å². The second-order valence-electron chi connectivity index (χ2n) is 8.33. The molecule has 1 aromatic carbocycles. The van der Waals surface area contributed by atoms with E-state index in [1.54, 1.807) is 30.3 Å². The minimum absolute atomic E-state index is 0.0794. The predicted octanol–water partition coefficient (Wildman–Crippen LogP) is 5.71. The van der Waals surface area contributed by atoms with Gasteiger partial charge in [0.15, 0.2) is 6.61 Å². The number of aliphatic hydroxyl groups excluding tert-OH is 1. The van der Waals surface area contributed by atoms with Gasteiger partial charge in [-0.3, -0.25) is 4.79 Å². The zero-order chi connectivity index (χ0) is 22.7. The van der Waals surface area contributed by atoms with Crippen LogP contribution in [0.4, 0.5) is 8.78 Å². The van der Waals surface area contributed by atoms with E-state index in [1.165, 1.54) is 6.08 Å². The van der Waals surface area contributed by atoms with E-state index in [9.17, 15) is 18.7 Å². The molecule has 1 N–H and O–H groups in total. The Bertz CT molecular complexity index is 715. The number of unbranched alkanes of at least 4 members (excludes halogenated alkanes) is 1. The van der Waals surface area contributed by atoms with Crippen molar-refractivity contribution in [3.8, 4) is 5.75 Å². The van der Waals surface area contributed by atoms with Crippen LogP contribution in [-0.4, -0.2) is 35.8 Å². The Kier molecular flexibility index (Phi) is 10.2. The summed E-state index contributed by atoms with van der Waals surface area (Å²) in [5, 5.41) is 10.3. The lowest BCUT2D eigenvalue weighted by Crippen LogP contribution is -2.24. The first-order valence-electron chi connectivity index (χ1n) is 11.0. The number of halogens is 2. The fourth-order valence-corrected chi connectivity index (χ4v) is 3.71. The van der Waals surface area contributed by atoms with E-state index in [1.807, 2.05) is 26.0 Å². The molecule has 6 heteroatoms. The molecule has 0 radical (unpaired) electrons. The fraction of sp³-hybridized carbons (Fsp3) is 0.560. The van der Waals surface area contributed by atoms with Crippen molar-refractivity contribution in [2.45, 2.75) is 70.5 Å².